The van der Waals surface area contributed by atoms with Gasteiger partial charge in [0.1, 0.15) is 0 Å². The number of benzene rings is 11. The van der Waals surface area contributed by atoms with Crippen molar-refractivity contribution in [1.29, 1.82) is 0 Å². The second-order valence-electron chi connectivity index (χ2n) is 37.4. The van der Waals surface area contributed by atoms with Crippen molar-refractivity contribution in [1.82, 2.24) is 0 Å². The molecular formula is C95H101B3N6S2. The number of hydrogen-bond donors (Lipinski definition) is 0. The van der Waals surface area contributed by atoms with Gasteiger partial charge in [0.2, 0.25) is 0 Å². The summed E-state index contributed by atoms with van der Waals surface area (Å²) in [7, 11) is 0. The summed E-state index contributed by atoms with van der Waals surface area (Å²) in [5.41, 5.74) is 42.7. The molecule has 17 rings (SSSR count). The summed E-state index contributed by atoms with van der Waals surface area (Å²) < 4.78 is 5.19. The molecule has 0 amide bonds. The minimum Gasteiger partial charge on any atom is -0.311 e. The van der Waals surface area contributed by atoms with Crippen LogP contribution in [0, 0.1) is 20.8 Å². The molecule has 0 unspecified atom stereocenters. The molecule has 6 nitrogen and oxygen atoms in total. The predicted molar refractivity (Wildman–Crippen MR) is 470 cm³/mol. The molecule has 0 spiro atoms. The molecule has 11 aromatic carbocycles. The van der Waals surface area contributed by atoms with Crippen molar-refractivity contribution in [2.45, 2.75) is 178 Å². The van der Waals surface area contributed by atoms with E-state index in [4.69, 9.17) is 0 Å². The highest BCUT2D eigenvalue weighted by Crippen LogP contribution is 2.52. The average Bonchev–Trinajstić information content (AvgIpc) is 0.684. The smallest absolute Gasteiger partial charge is 0.252 e. The number of anilines is 16. The van der Waals surface area contributed by atoms with Crippen LogP contribution in [0.1, 0.15) is 175 Å². The van der Waals surface area contributed by atoms with E-state index in [1.807, 2.05) is 23.9 Å². The first-order chi connectivity index (χ1) is 50.0. The highest BCUT2D eigenvalue weighted by molar-refractivity contribution is 8.00. The third-order valence-corrected chi connectivity index (χ3v) is 25.4. The van der Waals surface area contributed by atoms with Crippen LogP contribution < -0.4 is 77.4 Å². The second kappa shape index (κ2) is 24.1. The Morgan fingerprint density at radius 2 is 0.434 bits per heavy atom. The largest absolute Gasteiger partial charge is 0.311 e. The molecule has 0 aromatic heterocycles. The lowest BCUT2D eigenvalue weighted by Gasteiger charge is -2.48. The van der Waals surface area contributed by atoms with Gasteiger partial charge in [-0.3, -0.25) is 8.61 Å². The van der Waals surface area contributed by atoms with E-state index in [0.717, 1.165) is 11.4 Å². The van der Waals surface area contributed by atoms with Crippen LogP contribution >= 0.6 is 23.9 Å². The molecule has 532 valence electrons. The van der Waals surface area contributed by atoms with E-state index in [1.54, 1.807) is 0 Å². The average molecular weight is 1420 g/mol. The maximum Gasteiger partial charge on any atom is 0.252 e. The van der Waals surface area contributed by atoms with Crippen molar-refractivity contribution in [3.63, 3.8) is 0 Å². The highest BCUT2D eigenvalue weighted by atomic mass is 32.2. The molecule has 0 aliphatic carbocycles. The summed E-state index contributed by atoms with van der Waals surface area (Å²) in [6.45, 7) is 48.6. The Morgan fingerprint density at radius 3 is 0.689 bits per heavy atom. The van der Waals surface area contributed by atoms with Crippen LogP contribution in [-0.4, -0.2) is 32.6 Å². The van der Waals surface area contributed by atoms with Crippen LogP contribution in [0.5, 0.6) is 0 Å². The summed E-state index contributed by atoms with van der Waals surface area (Å²) >= 11 is 3.65. The first-order valence-corrected chi connectivity index (χ1v) is 40.8. The van der Waals surface area contributed by atoms with Crippen LogP contribution in [-0.2, 0) is 32.5 Å². The molecule has 11 aromatic rings. The van der Waals surface area contributed by atoms with Crippen molar-refractivity contribution < 1.29 is 0 Å². The van der Waals surface area contributed by atoms with Crippen molar-refractivity contribution in [3.05, 3.63) is 244 Å². The zero-order valence-electron chi connectivity index (χ0n) is 66.7. The Labute approximate surface area is 642 Å². The lowest BCUT2D eigenvalue weighted by atomic mass is 9.29. The molecule has 0 atom stereocenters. The quantitative estimate of drug-likeness (QED) is 0.120. The first-order valence-electron chi connectivity index (χ1n) is 38.4. The fourth-order valence-electron chi connectivity index (χ4n) is 18.2. The molecule has 0 saturated carbocycles. The molecule has 11 heteroatoms. The summed E-state index contributed by atoms with van der Waals surface area (Å²) in [5, 5.41) is 0. The van der Waals surface area contributed by atoms with Crippen LogP contribution in [0.4, 0.5) is 91.0 Å². The molecular weight excluding hydrogens is 1320 g/mol. The van der Waals surface area contributed by atoms with Gasteiger partial charge < -0.3 is 19.6 Å². The van der Waals surface area contributed by atoms with Crippen molar-refractivity contribution in [2.75, 3.05) is 40.7 Å². The molecule has 0 radical (unpaired) electrons. The summed E-state index contributed by atoms with van der Waals surface area (Å²) in [6.07, 6.45) is 4.57. The van der Waals surface area contributed by atoms with Crippen molar-refractivity contribution >= 4 is 184 Å². The van der Waals surface area contributed by atoms with Crippen LogP contribution in [0.25, 0.3) is 0 Å². The van der Waals surface area contributed by atoms with Crippen molar-refractivity contribution in [3.8, 4) is 0 Å². The summed E-state index contributed by atoms with van der Waals surface area (Å²) in [5.74, 6) is 0. The van der Waals surface area contributed by atoms with E-state index < -0.39 is 0 Å². The lowest BCUT2D eigenvalue weighted by molar-refractivity contribution is 0.590. The Bertz CT molecular complexity index is 5470. The van der Waals surface area contributed by atoms with Gasteiger partial charge in [-0.2, -0.15) is 0 Å². The monoisotopic (exact) mass is 1420 g/mol. The molecule has 0 bridgehead atoms. The number of hydrogen-bond acceptors (Lipinski definition) is 8. The van der Waals surface area contributed by atoms with E-state index >= 15 is 0 Å². The van der Waals surface area contributed by atoms with Gasteiger partial charge in [-0.05, 0) is 286 Å². The standard InChI is InChI=1S/C95H101B3N6S2/c1-56-44-81-87-82(45-56)101(67-38-28-61(29-39-67)92(10,11)12)77-54-80-74(52-71(77)96(87)69-50-63(94(16,17)18)32-42-75(69)99(81)65-34-24-59(25-35-65)90(4,5)6)98-72-53-73-79(55-78(72)102(68-40-30-62(31-41-68)93(13,14)15)84-47-58(3)49-86(89(84)98)104(80)106-23)103(105-22)85-48-57(2)46-83-88(85)97(73)70-51-64(95(19,20)21)33-43-76(70)100(83)66-36-26-60(27-37-66)91(7,8)9/h24-55H,1-23H3. The Balaban J connectivity index is 0.977. The molecule has 6 aliphatic heterocycles. The van der Waals surface area contributed by atoms with Crippen LogP contribution in [0.2, 0.25) is 0 Å². The van der Waals surface area contributed by atoms with E-state index in [0.29, 0.717) is 0 Å². The lowest BCUT2D eigenvalue weighted by Crippen LogP contribution is -2.66. The number of nitrogens with zero attached hydrogens (tertiary/aromatic N) is 6. The Morgan fingerprint density at radius 1 is 0.217 bits per heavy atom. The third kappa shape index (κ3) is 11.0. The number of rotatable bonds is 6. The van der Waals surface area contributed by atoms with E-state index in [1.165, 1.54) is 179 Å². The van der Waals surface area contributed by atoms with Gasteiger partial charge in [0.25, 0.3) is 20.1 Å². The molecule has 0 fully saturated rings. The SMILES string of the molecule is CSN1c2cc3c(cc2B2c4cc(C(C)(C)C)ccc4N(c4ccc(C(C)(C)C)cc4)c4cc(C)cc1c42)B1c2cc4c(cc2N(SC)c2cc(C)cc(c21)N3c1ccc(C(C)(C)C)cc1)N(c1ccc(C(C)(C)C)cc1)c1cc(C)cc2c1B4c1cc(C(C)(C)C)ccc1N2c1ccc(C(C)(C)C)cc1. The van der Waals surface area contributed by atoms with Gasteiger partial charge >= 0.3 is 0 Å². The molecule has 0 N–H and O–H groups in total. The van der Waals surface area contributed by atoms with Gasteiger partial charge in [-0.15, -0.1) is 0 Å². The van der Waals surface area contributed by atoms with Gasteiger partial charge in [0.15, 0.2) is 0 Å². The Hall–Kier alpha value is -8.89. The van der Waals surface area contributed by atoms with Gasteiger partial charge in [0, 0.05) is 92.1 Å². The minimum absolute atomic E-state index is 0.00183. The van der Waals surface area contributed by atoms with Crippen molar-refractivity contribution in [2.24, 2.45) is 0 Å². The summed E-state index contributed by atoms with van der Waals surface area (Å²) in [4.78, 5) is 10.5. The maximum atomic E-state index is 2.73. The fraction of sp³-hybridized carbons (Fsp3) is 0.305. The zero-order chi connectivity index (χ0) is 74.9. The Kier molecular flexibility index (Phi) is 15.9. The van der Waals surface area contributed by atoms with Crippen LogP contribution in [0.15, 0.2) is 194 Å². The third-order valence-electron chi connectivity index (χ3n) is 23.8. The fourth-order valence-corrected chi connectivity index (χ4v) is 19.6. The second-order valence-corrected chi connectivity index (χ2v) is 38.9. The highest BCUT2D eigenvalue weighted by Gasteiger charge is 2.51. The van der Waals surface area contributed by atoms with Gasteiger partial charge in [0.05, 0.1) is 11.4 Å². The molecule has 6 aliphatic rings. The van der Waals surface area contributed by atoms with E-state index in [2.05, 4.69) is 380 Å². The predicted octanol–water partition coefficient (Wildman–Crippen LogP) is 20.5. The topological polar surface area (TPSA) is 19.4 Å². The minimum atomic E-state index is -0.177. The van der Waals surface area contributed by atoms with Gasteiger partial charge in [-0.25, -0.2) is 0 Å². The normalized spacial score (nSPS) is 14.8. The van der Waals surface area contributed by atoms with Gasteiger partial charge in [-0.1, -0.05) is 210 Å². The van der Waals surface area contributed by atoms with Crippen LogP contribution in [0.3, 0.4) is 0 Å². The zero-order valence-corrected chi connectivity index (χ0v) is 68.3. The summed E-state index contributed by atoms with van der Waals surface area (Å²) in [6, 6.07) is 78.5. The first kappa shape index (κ1) is 70.1. The van der Waals surface area contributed by atoms with E-state index in [-0.39, 0.29) is 52.6 Å². The molecule has 6 heterocycles. The maximum absolute atomic E-state index is 2.73. The molecule has 0 saturated heterocycles. The molecule has 106 heavy (non-hydrogen) atoms. The van der Waals surface area contributed by atoms with E-state index in [9.17, 15) is 0 Å². The number of aryl methyl sites for hydroxylation is 3. The number of fused-ring (bicyclic) bond motifs is 12.